The monoisotopic (exact) mass is 597 g/mol. The number of benzene rings is 6. The second-order valence-electron chi connectivity index (χ2n) is 10.8. The first-order chi connectivity index (χ1) is 21.8. The molecule has 3 heterocycles. The van der Waals surface area contributed by atoms with Gasteiger partial charge in [0, 0.05) is 57.0 Å². The highest BCUT2D eigenvalue weighted by molar-refractivity contribution is 7.30. The van der Waals surface area contributed by atoms with Gasteiger partial charge in [-0.05, 0) is 29.3 Å². The molecule has 44 heavy (non-hydrogen) atoms. The van der Waals surface area contributed by atoms with Crippen molar-refractivity contribution in [3.05, 3.63) is 140 Å². The van der Waals surface area contributed by atoms with Crippen LogP contribution in [0.1, 0.15) is 0 Å². The summed E-state index contributed by atoms with van der Waals surface area (Å²) in [6, 6.07) is 48.8. The first-order valence-electron chi connectivity index (χ1n) is 14.5. The van der Waals surface area contributed by atoms with E-state index >= 15 is 0 Å². The quantitative estimate of drug-likeness (QED) is 0.203. The summed E-state index contributed by atoms with van der Waals surface area (Å²) < 4.78 is 5.32. The lowest BCUT2D eigenvalue weighted by atomic mass is 10.00. The van der Waals surface area contributed by atoms with Gasteiger partial charge < -0.3 is 0 Å². The van der Waals surface area contributed by atoms with E-state index in [0.717, 1.165) is 22.3 Å². The van der Waals surface area contributed by atoms with Crippen LogP contribution in [0, 0.1) is 0 Å². The minimum absolute atomic E-state index is 0.662. The van der Waals surface area contributed by atoms with Crippen LogP contribution in [0.5, 0.6) is 0 Å². The van der Waals surface area contributed by atoms with Gasteiger partial charge in [-0.3, -0.25) is 0 Å². The van der Waals surface area contributed by atoms with Gasteiger partial charge in [0.15, 0.2) is 17.5 Å². The zero-order valence-corrected chi connectivity index (χ0v) is 25.1. The molecule has 0 aliphatic heterocycles. The molecule has 3 aromatic heterocycles. The van der Waals surface area contributed by atoms with E-state index in [-0.39, 0.29) is 0 Å². The third kappa shape index (κ3) is 4.13. The molecule has 5 heteroatoms. The summed E-state index contributed by atoms with van der Waals surface area (Å²) in [4.78, 5) is 14.8. The fourth-order valence-corrected chi connectivity index (χ4v) is 8.63. The molecule has 0 unspecified atom stereocenters. The molecular weight excluding hydrogens is 575 g/mol. The molecule has 0 atom stereocenters. The van der Waals surface area contributed by atoms with Gasteiger partial charge >= 0.3 is 0 Å². The molecule has 0 spiro atoms. The molecule has 0 N–H and O–H groups in total. The Morgan fingerprint density at radius 2 is 0.932 bits per heavy atom. The number of fused-ring (bicyclic) bond motifs is 7. The van der Waals surface area contributed by atoms with Gasteiger partial charge in [-0.2, -0.15) is 0 Å². The number of aromatic nitrogens is 3. The fourth-order valence-electron chi connectivity index (χ4n) is 6.06. The third-order valence-electron chi connectivity index (χ3n) is 8.14. The zero-order valence-electron chi connectivity index (χ0n) is 23.4. The molecule has 0 fully saturated rings. The second-order valence-corrected chi connectivity index (χ2v) is 12.9. The number of rotatable bonds is 4. The lowest BCUT2D eigenvalue weighted by molar-refractivity contribution is 1.07. The van der Waals surface area contributed by atoms with Crippen molar-refractivity contribution in [3.63, 3.8) is 0 Å². The predicted molar refractivity (Wildman–Crippen MR) is 187 cm³/mol. The van der Waals surface area contributed by atoms with E-state index in [2.05, 4.69) is 78.9 Å². The lowest BCUT2D eigenvalue weighted by Crippen LogP contribution is -2.00. The molecule has 9 aromatic rings. The first kappa shape index (κ1) is 25.3. The topological polar surface area (TPSA) is 38.7 Å². The van der Waals surface area contributed by atoms with Gasteiger partial charge in [-0.25, -0.2) is 15.0 Å². The standard InChI is InChI=1S/C39H23N3S2/c1-3-11-24(12-4-1)37-40-38(25-13-5-2-6-14-25)42-39(41-37)27-16-9-15-26(23-27)28-18-10-19-31-34-33(44-35(28)31)22-21-30-29-17-7-8-20-32(29)43-36(30)34/h1-23H. The van der Waals surface area contributed by atoms with E-state index in [1.807, 2.05) is 83.3 Å². The van der Waals surface area contributed by atoms with E-state index in [1.54, 1.807) is 0 Å². The minimum atomic E-state index is 0.662. The maximum atomic E-state index is 4.97. The molecule has 3 nitrogen and oxygen atoms in total. The van der Waals surface area contributed by atoms with Crippen LogP contribution in [0.15, 0.2) is 140 Å². The molecule has 0 aliphatic rings. The van der Waals surface area contributed by atoms with Crippen LogP contribution in [0.3, 0.4) is 0 Å². The zero-order chi connectivity index (χ0) is 29.0. The molecule has 9 rings (SSSR count). The summed E-state index contributed by atoms with van der Waals surface area (Å²) in [5.74, 6) is 1.99. The smallest absolute Gasteiger partial charge is 0.164 e. The van der Waals surface area contributed by atoms with E-state index in [4.69, 9.17) is 15.0 Å². The molecule has 0 saturated carbocycles. The molecule has 0 bridgehead atoms. The van der Waals surface area contributed by atoms with Crippen LogP contribution in [0.25, 0.3) is 85.6 Å². The van der Waals surface area contributed by atoms with Crippen molar-refractivity contribution in [2.45, 2.75) is 0 Å². The van der Waals surface area contributed by atoms with E-state index in [0.29, 0.717) is 17.5 Å². The summed E-state index contributed by atoms with van der Waals surface area (Å²) in [6.45, 7) is 0. The maximum Gasteiger partial charge on any atom is 0.164 e. The van der Waals surface area contributed by atoms with E-state index in [1.165, 1.54) is 45.9 Å². The fraction of sp³-hybridized carbons (Fsp3) is 0. The summed E-state index contributed by atoms with van der Waals surface area (Å²) in [6.07, 6.45) is 0. The minimum Gasteiger partial charge on any atom is -0.208 e. The van der Waals surface area contributed by atoms with Gasteiger partial charge in [-0.1, -0.05) is 121 Å². The summed E-state index contributed by atoms with van der Waals surface area (Å²) in [5.41, 5.74) is 5.26. The van der Waals surface area contributed by atoms with Crippen LogP contribution in [0.4, 0.5) is 0 Å². The number of thiophene rings is 2. The average Bonchev–Trinajstić information content (AvgIpc) is 3.67. The average molecular weight is 598 g/mol. The van der Waals surface area contributed by atoms with Crippen molar-refractivity contribution >= 4 is 63.0 Å². The molecular formula is C39H23N3S2. The largest absolute Gasteiger partial charge is 0.208 e. The molecule has 206 valence electrons. The van der Waals surface area contributed by atoms with Crippen molar-refractivity contribution < 1.29 is 0 Å². The second kappa shape index (κ2) is 10.2. The van der Waals surface area contributed by atoms with E-state index in [9.17, 15) is 0 Å². The van der Waals surface area contributed by atoms with Crippen molar-refractivity contribution in [3.8, 4) is 45.3 Å². The normalized spacial score (nSPS) is 11.6. The van der Waals surface area contributed by atoms with Crippen molar-refractivity contribution in [1.82, 2.24) is 15.0 Å². The third-order valence-corrected chi connectivity index (χ3v) is 10.5. The van der Waals surface area contributed by atoms with Crippen LogP contribution < -0.4 is 0 Å². The van der Waals surface area contributed by atoms with Gasteiger partial charge in [0.1, 0.15) is 0 Å². The van der Waals surface area contributed by atoms with Crippen molar-refractivity contribution in [1.29, 1.82) is 0 Å². The Morgan fingerprint density at radius 3 is 1.68 bits per heavy atom. The Bertz CT molecular complexity index is 2440. The van der Waals surface area contributed by atoms with Crippen molar-refractivity contribution in [2.24, 2.45) is 0 Å². The Balaban J connectivity index is 1.22. The lowest BCUT2D eigenvalue weighted by Gasteiger charge is -2.10. The molecule has 0 amide bonds. The Labute approximate surface area is 261 Å². The number of nitrogens with zero attached hydrogens (tertiary/aromatic N) is 3. The number of hydrogen-bond donors (Lipinski definition) is 0. The number of hydrogen-bond acceptors (Lipinski definition) is 5. The highest BCUT2D eigenvalue weighted by Gasteiger charge is 2.17. The van der Waals surface area contributed by atoms with Crippen LogP contribution in [-0.2, 0) is 0 Å². The summed E-state index contributed by atoms with van der Waals surface area (Å²) in [5, 5.41) is 5.34. The Morgan fingerprint density at radius 1 is 0.364 bits per heavy atom. The molecule has 0 radical (unpaired) electrons. The van der Waals surface area contributed by atoms with Gasteiger partial charge in [0.25, 0.3) is 0 Å². The van der Waals surface area contributed by atoms with E-state index < -0.39 is 0 Å². The van der Waals surface area contributed by atoms with Gasteiger partial charge in [0.2, 0.25) is 0 Å². The van der Waals surface area contributed by atoms with Crippen LogP contribution >= 0.6 is 22.7 Å². The highest BCUT2D eigenvalue weighted by Crippen LogP contribution is 2.46. The van der Waals surface area contributed by atoms with Gasteiger partial charge in [0.05, 0.1) is 0 Å². The summed E-state index contributed by atoms with van der Waals surface area (Å²) in [7, 11) is 0. The summed E-state index contributed by atoms with van der Waals surface area (Å²) >= 11 is 3.77. The van der Waals surface area contributed by atoms with Crippen LogP contribution in [-0.4, -0.2) is 15.0 Å². The van der Waals surface area contributed by atoms with Crippen molar-refractivity contribution in [2.75, 3.05) is 0 Å². The van der Waals surface area contributed by atoms with Crippen LogP contribution in [0.2, 0.25) is 0 Å². The highest BCUT2D eigenvalue weighted by atomic mass is 32.1. The first-order valence-corrected chi connectivity index (χ1v) is 16.2. The predicted octanol–water partition coefficient (Wildman–Crippen LogP) is 11.3. The Hall–Kier alpha value is -5.23. The molecule has 0 saturated heterocycles. The molecule has 6 aromatic carbocycles. The van der Waals surface area contributed by atoms with Gasteiger partial charge in [-0.15, -0.1) is 22.7 Å². The molecule has 0 aliphatic carbocycles. The maximum absolute atomic E-state index is 4.97. The SMILES string of the molecule is c1ccc(-c2nc(-c3ccccc3)nc(-c3cccc(-c4cccc5c4sc4ccc6c7ccccc7sc6c45)c3)n2)cc1. The Kier molecular flexibility index (Phi) is 5.86.